The van der Waals surface area contributed by atoms with Crippen LogP contribution in [0.1, 0.15) is 27.5 Å². The van der Waals surface area contributed by atoms with Crippen LogP contribution in [-0.4, -0.2) is 61.8 Å². The number of hydrogen-bond acceptors (Lipinski definition) is 7. The standard InChI is InChI=1S/C22H24N6O2S/c1-14-11-16(30-25-14)13-27-6-8-28(9-7-27)22(29)17-12-18(19-5-4-10-31-19)23-21-20(17)15(2)24-26(21)3/h4-5,10-12H,6-9,13H2,1-3H3. The Morgan fingerprint density at radius 3 is 2.68 bits per heavy atom. The van der Waals surface area contributed by atoms with Gasteiger partial charge in [0.2, 0.25) is 0 Å². The highest BCUT2D eigenvalue weighted by Crippen LogP contribution is 2.30. The minimum Gasteiger partial charge on any atom is -0.360 e. The molecule has 0 bridgehead atoms. The van der Waals surface area contributed by atoms with Crippen LogP contribution in [0.4, 0.5) is 0 Å². The van der Waals surface area contributed by atoms with Crippen molar-refractivity contribution in [2.24, 2.45) is 7.05 Å². The Labute approximate surface area is 184 Å². The van der Waals surface area contributed by atoms with Gasteiger partial charge in [-0.25, -0.2) is 4.98 Å². The maximum atomic E-state index is 13.6. The van der Waals surface area contributed by atoms with Crippen molar-refractivity contribution < 1.29 is 9.32 Å². The molecule has 1 aliphatic rings. The number of nitrogens with zero attached hydrogens (tertiary/aromatic N) is 6. The maximum absolute atomic E-state index is 13.6. The van der Waals surface area contributed by atoms with E-state index in [1.807, 2.05) is 55.4 Å². The van der Waals surface area contributed by atoms with Gasteiger partial charge in [0.1, 0.15) is 0 Å². The lowest BCUT2D eigenvalue weighted by atomic mass is 10.1. The second-order valence-corrected chi connectivity index (χ2v) is 8.89. The number of thiophene rings is 1. The molecule has 4 aromatic heterocycles. The molecule has 1 amide bonds. The monoisotopic (exact) mass is 436 g/mol. The fourth-order valence-corrected chi connectivity index (χ4v) is 4.84. The number of rotatable bonds is 4. The van der Waals surface area contributed by atoms with Gasteiger partial charge in [0.25, 0.3) is 5.91 Å². The largest absolute Gasteiger partial charge is 0.360 e. The predicted molar refractivity (Wildman–Crippen MR) is 119 cm³/mol. The van der Waals surface area contributed by atoms with Crippen molar-refractivity contribution in [3.05, 3.63) is 52.4 Å². The topological polar surface area (TPSA) is 80.3 Å². The Morgan fingerprint density at radius 2 is 2.00 bits per heavy atom. The summed E-state index contributed by atoms with van der Waals surface area (Å²) >= 11 is 1.62. The average Bonchev–Trinajstić information content (AvgIpc) is 3.50. The zero-order valence-corrected chi connectivity index (χ0v) is 18.6. The average molecular weight is 437 g/mol. The molecule has 0 N–H and O–H groups in total. The Kier molecular flexibility index (Phi) is 5.07. The molecular weight excluding hydrogens is 412 g/mol. The van der Waals surface area contributed by atoms with E-state index < -0.39 is 0 Å². The fourth-order valence-electron chi connectivity index (χ4n) is 4.15. The summed E-state index contributed by atoms with van der Waals surface area (Å²) in [5.74, 6) is 0.899. The van der Waals surface area contributed by atoms with Crippen LogP contribution in [-0.2, 0) is 13.6 Å². The SMILES string of the molecule is Cc1cc(CN2CCN(C(=O)c3cc(-c4cccs4)nc4c3c(C)nn4C)CC2)on1. The molecule has 5 heterocycles. The van der Waals surface area contributed by atoms with E-state index in [-0.39, 0.29) is 5.91 Å². The van der Waals surface area contributed by atoms with Gasteiger partial charge in [-0.15, -0.1) is 11.3 Å². The normalized spacial score (nSPS) is 15.1. The van der Waals surface area contributed by atoms with Crippen LogP contribution < -0.4 is 0 Å². The second-order valence-electron chi connectivity index (χ2n) is 7.94. The highest BCUT2D eigenvalue weighted by molar-refractivity contribution is 7.13. The molecule has 31 heavy (non-hydrogen) atoms. The Hall–Kier alpha value is -3.04. The van der Waals surface area contributed by atoms with Crippen LogP contribution >= 0.6 is 11.3 Å². The third-order valence-corrected chi connectivity index (χ3v) is 6.58. The number of pyridine rings is 1. The van der Waals surface area contributed by atoms with Gasteiger partial charge in [-0.05, 0) is 31.4 Å². The molecule has 0 saturated carbocycles. The zero-order chi connectivity index (χ0) is 21.5. The van der Waals surface area contributed by atoms with E-state index in [0.717, 1.165) is 51.8 Å². The van der Waals surface area contributed by atoms with E-state index in [4.69, 9.17) is 9.51 Å². The summed E-state index contributed by atoms with van der Waals surface area (Å²) in [6.45, 7) is 7.50. The first-order valence-corrected chi connectivity index (χ1v) is 11.2. The highest BCUT2D eigenvalue weighted by Gasteiger charge is 2.27. The van der Waals surface area contributed by atoms with Gasteiger partial charge in [-0.3, -0.25) is 14.4 Å². The van der Waals surface area contributed by atoms with E-state index in [9.17, 15) is 4.79 Å². The summed E-state index contributed by atoms with van der Waals surface area (Å²) in [5.41, 5.74) is 3.95. The van der Waals surface area contributed by atoms with Crippen LogP contribution in [0.5, 0.6) is 0 Å². The van der Waals surface area contributed by atoms with E-state index in [1.165, 1.54) is 0 Å². The molecule has 1 fully saturated rings. The number of fused-ring (bicyclic) bond motifs is 1. The predicted octanol–water partition coefficient (Wildman–Crippen LogP) is 3.26. The first-order valence-electron chi connectivity index (χ1n) is 10.3. The van der Waals surface area contributed by atoms with Gasteiger partial charge < -0.3 is 9.42 Å². The first kappa shape index (κ1) is 19.9. The van der Waals surface area contributed by atoms with E-state index in [2.05, 4.69) is 15.2 Å². The summed E-state index contributed by atoms with van der Waals surface area (Å²) in [7, 11) is 1.87. The highest BCUT2D eigenvalue weighted by atomic mass is 32.1. The van der Waals surface area contributed by atoms with Crippen molar-refractivity contribution in [2.75, 3.05) is 26.2 Å². The van der Waals surface area contributed by atoms with Crippen molar-refractivity contribution in [3.8, 4) is 10.6 Å². The minimum atomic E-state index is 0.0384. The lowest BCUT2D eigenvalue weighted by molar-refractivity contribution is 0.0619. The Balaban J connectivity index is 1.41. The van der Waals surface area contributed by atoms with Gasteiger partial charge in [-0.1, -0.05) is 11.2 Å². The van der Waals surface area contributed by atoms with Crippen molar-refractivity contribution in [3.63, 3.8) is 0 Å². The Morgan fingerprint density at radius 1 is 1.19 bits per heavy atom. The molecule has 0 radical (unpaired) electrons. The number of amides is 1. The van der Waals surface area contributed by atoms with Gasteiger partial charge in [-0.2, -0.15) is 5.10 Å². The van der Waals surface area contributed by atoms with Crippen molar-refractivity contribution in [1.29, 1.82) is 0 Å². The van der Waals surface area contributed by atoms with Gasteiger partial charge in [0.05, 0.1) is 39.5 Å². The maximum Gasteiger partial charge on any atom is 0.254 e. The number of carbonyl (C=O) groups excluding carboxylic acids is 1. The molecule has 0 spiro atoms. The molecule has 160 valence electrons. The summed E-state index contributed by atoms with van der Waals surface area (Å²) < 4.78 is 7.10. The van der Waals surface area contributed by atoms with Crippen molar-refractivity contribution >= 4 is 28.3 Å². The quantitative estimate of drug-likeness (QED) is 0.489. The van der Waals surface area contributed by atoms with E-state index in [1.54, 1.807) is 16.0 Å². The van der Waals surface area contributed by atoms with Crippen molar-refractivity contribution in [1.82, 2.24) is 29.7 Å². The number of aryl methyl sites for hydroxylation is 3. The molecule has 1 aliphatic heterocycles. The summed E-state index contributed by atoms with van der Waals surface area (Å²) in [4.78, 5) is 23.7. The minimum absolute atomic E-state index is 0.0384. The van der Waals surface area contributed by atoms with E-state index >= 15 is 0 Å². The molecular formula is C22H24N6O2S. The Bertz CT molecular complexity index is 1230. The molecule has 0 aromatic carbocycles. The fraction of sp³-hybridized carbons (Fsp3) is 0.364. The smallest absolute Gasteiger partial charge is 0.254 e. The van der Waals surface area contributed by atoms with Gasteiger partial charge in [0.15, 0.2) is 11.4 Å². The molecule has 9 heteroatoms. The lowest BCUT2D eigenvalue weighted by Crippen LogP contribution is -2.48. The molecule has 1 saturated heterocycles. The molecule has 0 aliphatic carbocycles. The number of aromatic nitrogens is 4. The molecule has 5 rings (SSSR count). The van der Waals surface area contributed by atoms with Crippen LogP contribution in [0.15, 0.2) is 34.2 Å². The van der Waals surface area contributed by atoms with Gasteiger partial charge in [0, 0.05) is 39.3 Å². The number of carbonyl (C=O) groups is 1. The lowest BCUT2D eigenvalue weighted by Gasteiger charge is -2.34. The second kappa shape index (κ2) is 7.90. The van der Waals surface area contributed by atoms with Crippen LogP contribution in [0.25, 0.3) is 21.6 Å². The summed E-state index contributed by atoms with van der Waals surface area (Å²) in [6, 6.07) is 7.91. The molecule has 8 nitrogen and oxygen atoms in total. The van der Waals surface area contributed by atoms with Crippen LogP contribution in [0.3, 0.4) is 0 Å². The summed E-state index contributed by atoms with van der Waals surface area (Å²) in [5, 5.41) is 11.3. The molecule has 4 aromatic rings. The zero-order valence-electron chi connectivity index (χ0n) is 17.8. The third kappa shape index (κ3) is 3.75. The number of hydrogen-bond donors (Lipinski definition) is 0. The molecule has 0 atom stereocenters. The van der Waals surface area contributed by atoms with Crippen LogP contribution in [0, 0.1) is 13.8 Å². The van der Waals surface area contributed by atoms with Crippen molar-refractivity contribution in [2.45, 2.75) is 20.4 Å². The van der Waals surface area contributed by atoms with Gasteiger partial charge >= 0.3 is 0 Å². The van der Waals surface area contributed by atoms with Crippen LogP contribution in [0.2, 0.25) is 0 Å². The third-order valence-electron chi connectivity index (χ3n) is 5.69. The summed E-state index contributed by atoms with van der Waals surface area (Å²) in [6.07, 6.45) is 0. The number of piperazine rings is 1. The first-order chi connectivity index (χ1) is 15.0. The van der Waals surface area contributed by atoms with E-state index in [0.29, 0.717) is 25.2 Å². The molecule has 0 unspecified atom stereocenters.